The molecule has 0 fully saturated rings. The molecule has 0 aliphatic rings. The number of aryl methyl sites for hydroxylation is 1. The van der Waals surface area contributed by atoms with Crippen molar-refractivity contribution >= 4 is 5.91 Å². The van der Waals surface area contributed by atoms with E-state index in [1.54, 1.807) is 19.1 Å². The van der Waals surface area contributed by atoms with Gasteiger partial charge in [0.25, 0.3) is 0 Å². The van der Waals surface area contributed by atoms with Crippen molar-refractivity contribution in [3.05, 3.63) is 65.7 Å². The van der Waals surface area contributed by atoms with Gasteiger partial charge in [-0.05, 0) is 49.9 Å². The first-order valence-corrected chi connectivity index (χ1v) is 11.4. The topological polar surface area (TPSA) is 88.0 Å². The van der Waals surface area contributed by atoms with Gasteiger partial charge in [-0.1, -0.05) is 56.3 Å². The second kappa shape index (κ2) is 16.3. The summed E-state index contributed by atoms with van der Waals surface area (Å²) in [7, 11) is 0. The highest BCUT2D eigenvalue weighted by Crippen LogP contribution is 2.12. The lowest BCUT2D eigenvalue weighted by molar-refractivity contribution is -0.122. The van der Waals surface area contributed by atoms with Gasteiger partial charge in [-0.3, -0.25) is 4.79 Å². The zero-order chi connectivity index (χ0) is 23.8. The lowest BCUT2D eigenvalue weighted by Crippen LogP contribution is -2.40. The fraction of sp³-hybridized carbons (Fsp3) is 0.500. The summed E-state index contributed by atoms with van der Waals surface area (Å²) in [5.74, 6) is 0.187. The van der Waals surface area contributed by atoms with Crippen molar-refractivity contribution in [3.63, 3.8) is 0 Å². The van der Waals surface area contributed by atoms with E-state index in [4.69, 9.17) is 9.47 Å². The van der Waals surface area contributed by atoms with Crippen LogP contribution in [0.1, 0.15) is 45.2 Å². The predicted octanol–water partition coefficient (Wildman–Crippen LogP) is 3.88. The lowest BCUT2D eigenvalue weighted by atomic mass is 10.1. The molecule has 3 N–H and O–H groups in total. The van der Waals surface area contributed by atoms with Crippen LogP contribution in [0.4, 0.5) is 0 Å². The number of hydrogen-bond acceptors (Lipinski definition) is 5. The molecule has 0 aromatic heterocycles. The minimum atomic E-state index is -0.515. The molecule has 0 saturated carbocycles. The normalized spacial score (nSPS) is 13.4. The quantitative estimate of drug-likeness (QED) is 0.435. The van der Waals surface area contributed by atoms with Crippen LogP contribution in [0.15, 0.2) is 54.6 Å². The van der Waals surface area contributed by atoms with Crippen LogP contribution in [0.5, 0.6) is 5.75 Å². The van der Waals surface area contributed by atoms with Crippen molar-refractivity contribution in [2.45, 2.75) is 65.2 Å². The van der Waals surface area contributed by atoms with Crippen LogP contribution in [0.25, 0.3) is 0 Å². The van der Waals surface area contributed by atoms with Gasteiger partial charge in [0.05, 0.1) is 38.1 Å². The fourth-order valence-corrected chi connectivity index (χ4v) is 3.00. The summed E-state index contributed by atoms with van der Waals surface area (Å²) in [6.07, 6.45) is 1.02. The van der Waals surface area contributed by atoms with Crippen molar-refractivity contribution in [3.8, 4) is 5.75 Å². The molecule has 0 bridgehead atoms. The Balaban J connectivity index is 0.00000249. The highest BCUT2D eigenvalue weighted by Gasteiger charge is 2.15. The maximum atomic E-state index is 12.5. The van der Waals surface area contributed by atoms with Gasteiger partial charge in [-0.25, -0.2) is 0 Å². The Kier molecular flexibility index (Phi) is 14.0. The average Bonchev–Trinajstić information content (AvgIpc) is 2.80. The number of phenols is 1. The predicted molar refractivity (Wildman–Crippen MR) is 128 cm³/mol. The highest BCUT2D eigenvalue weighted by molar-refractivity contribution is 5.76. The minimum absolute atomic E-state index is 0.0235. The fourth-order valence-electron chi connectivity index (χ4n) is 3.00. The third-order valence-corrected chi connectivity index (χ3v) is 4.56. The van der Waals surface area contributed by atoms with Crippen LogP contribution in [0.3, 0.4) is 0 Å². The molecule has 178 valence electrons. The first-order chi connectivity index (χ1) is 15.4. The number of benzene rings is 2. The molecular weight excluding hydrogens is 406 g/mol. The summed E-state index contributed by atoms with van der Waals surface area (Å²) in [4.78, 5) is 12.5. The molecule has 1 amide bonds. The molecule has 0 heterocycles. The largest absolute Gasteiger partial charge is 0.508 e. The van der Waals surface area contributed by atoms with Crippen molar-refractivity contribution in [1.82, 2.24) is 5.32 Å². The number of carbonyl (C=O) groups excluding carboxylic acids is 1. The smallest absolute Gasteiger partial charge is 0.220 e. The number of nitrogens with one attached hydrogen (secondary N) is 1. The van der Waals surface area contributed by atoms with Crippen LogP contribution < -0.4 is 5.32 Å². The summed E-state index contributed by atoms with van der Waals surface area (Å²) >= 11 is 0. The summed E-state index contributed by atoms with van der Waals surface area (Å²) in [6, 6.07) is 16.7. The standard InChI is InChI=1S/C24H33NO5.C2H6/c1-18(26)15-30-19(2)16-29-17-22(14-21-8-11-23(27)12-9-21)25-24(28)13-10-20-6-4-3-5-7-20;1-2/h3-9,11-12,18-19,22,26-27H,10,13-17H2,1-2H3,(H,25,28);1-2H3. The number of amides is 1. The number of ether oxygens (including phenoxy) is 2. The molecule has 0 aliphatic heterocycles. The molecule has 3 atom stereocenters. The molecule has 2 rings (SSSR count). The third kappa shape index (κ3) is 12.4. The van der Waals surface area contributed by atoms with Gasteiger partial charge in [-0.2, -0.15) is 0 Å². The molecule has 6 nitrogen and oxygen atoms in total. The van der Waals surface area contributed by atoms with E-state index in [0.29, 0.717) is 32.5 Å². The number of hydrogen-bond donors (Lipinski definition) is 3. The van der Waals surface area contributed by atoms with E-state index in [1.165, 1.54) is 0 Å². The molecule has 32 heavy (non-hydrogen) atoms. The Labute approximate surface area is 192 Å². The van der Waals surface area contributed by atoms with E-state index in [-0.39, 0.29) is 30.4 Å². The Hall–Kier alpha value is -2.41. The maximum absolute atomic E-state index is 12.5. The van der Waals surface area contributed by atoms with Gasteiger partial charge in [0.15, 0.2) is 0 Å². The van der Waals surface area contributed by atoms with Gasteiger partial charge in [0.1, 0.15) is 5.75 Å². The van der Waals surface area contributed by atoms with Gasteiger partial charge in [-0.15, -0.1) is 0 Å². The highest BCUT2D eigenvalue weighted by atomic mass is 16.5. The number of aliphatic hydroxyl groups excluding tert-OH is 1. The lowest BCUT2D eigenvalue weighted by Gasteiger charge is -2.21. The molecular formula is C26H39NO5. The molecule has 2 aromatic rings. The average molecular weight is 446 g/mol. The molecule has 0 aliphatic carbocycles. The summed E-state index contributed by atoms with van der Waals surface area (Å²) in [6.45, 7) is 8.54. The maximum Gasteiger partial charge on any atom is 0.220 e. The van der Waals surface area contributed by atoms with E-state index >= 15 is 0 Å². The van der Waals surface area contributed by atoms with E-state index in [9.17, 15) is 15.0 Å². The second-order valence-electron chi connectivity index (χ2n) is 7.65. The number of aliphatic hydroxyl groups is 1. The molecule has 0 saturated heterocycles. The van der Waals surface area contributed by atoms with Crippen LogP contribution in [0.2, 0.25) is 0 Å². The molecule has 2 aromatic carbocycles. The van der Waals surface area contributed by atoms with E-state index < -0.39 is 6.10 Å². The second-order valence-corrected chi connectivity index (χ2v) is 7.65. The Bertz CT molecular complexity index is 734. The van der Waals surface area contributed by atoms with Crippen molar-refractivity contribution < 1.29 is 24.5 Å². The van der Waals surface area contributed by atoms with Crippen LogP contribution >= 0.6 is 0 Å². The zero-order valence-corrected chi connectivity index (χ0v) is 19.8. The number of aromatic hydroxyl groups is 1. The monoisotopic (exact) mass is 445 g/mol. The van der Waals surface area contributed by atoms with E-state index in [0.717, 1.165) is 11.1 Å². The molecule has 3 unspecified atom stereocenters. The first-order valence-electron chi connectivity index (χ1n) is 11.4. The number of carbonyl (C=O) groups is 1. The first kappa shape index (κ1) is 27.6. The number of phenolic OH excluding ortho intramolecular Hbond substituents is 1. The molecule has 0 radical (unpaired) electrons. The van der Waals surface area contributed by atoms with Gasteiger partial charge < -0.3 is 25.0 Å². The summed E-state index contributed by atoms with van der Waals surface area (Å²) < 4.78 is 11.3. The van der Waals surface area contributed by atoms with E-state index in [1.807, 2.05) is 63.2 Å². The van der Waals surface area contributed by atoms with Gasteiger partial charge in [0.2, 0.25) is 5.91 Å². The van der Waals surface area contributed by atoms with Crippen molar-refractivity contribution in [2.75, 3.05) is 19.8 Å². The summed E-state index contributed by atoms with van der Waals surface area (Å²) in [5, 5.41) is 21.8. The van der Waals surface area contributed by atoms with Gasteiger partial charge >= 0.3 is 0 Å². The summed E-state index contributed by atoms with van der Waals surface area (Å²) in [5.41, 5.74) is 2.13. The minimum Gasteiger partial charge on any atom is -0.508 e. The molecule has 6 heteroatoms. The zero-order valence-electron chi connectivity index (χ0n) is 19.8. The Morgan fingerprint density at radius 2 is 1.59 bits per heavy atom. The van der Waals surface area contributed by atoms with Crippen LogP contribution in [0, 0.1) is 0 Å². The Morgan fingerprint density at radius 1 is 0.938 bits per heavy atom. The third-order valence-electron chi connectivity index (χ3n) is 4.56. The van der Waals surface area contributed by atoms with Crippen molar-refractivity contribution in [2.24, 2.45) is 0 Å². The van der Waals surface area contributed by atoms with Crippen LogP contribution in [-0.2, 0) is 27.1 Å². The Morgan fingerprint density at radius 3 is 2.22 bits per heavy atom. The number of rotatable bonds is 13. The van der Waals surface area contributed by atoms with Crippen molar-refractivity contribution in [1.29, 1.82) is 0 Å². The SMILES string of the molecule is CC.CC(O)COC(C)COCC(Cc1ccc(O)cc1)NC(=O)CCc1ccccc1. The molecule has 0 spiro atoms. The van der Waals surface area contributed by atoms with E-state index in [2.05, 4.69) is 5.32 Å². The van der Waals surface area contributed by atoms with Crippen LogP contribution in [-0.4, -0.2) is 54.2 Å². The van der Waals surface area contributed by atoms with Gasteiger partial charge in [0, 0.05) is 6.42 Å².